The molecule has 8 aromatic carbocycles. The fourth-order valence-electron chi connectivity index (χ4n) is 7.81. The molecule has 1 nitrogen and oxygen atoms in total. The van der Waals surface area contributed by atoms with Crippen LogP contribution in [0.5, 0.6) is 0 Å². The van der Waals surface area contributed by atoms with Gasteiger partial charge in [-0.3, -0.25) is 0 Å². The summed E-state index contributed by atoms with van der Waals surface area (Å²) in [5.74, 6) is 0. The molecule has 0 atom stereocenters. The van der Waals surface area contributed by atoms with Crippen molar-refractivity contribution in [1.82, 2.24) is 0 Å². The van der Waals surface area contributed by atoms with Gasteiger partial charge in [-0.05, 0) is 79.0 Å². The summed E-state index contributed by atoms with van der Waals surface area (Å²) in [6.45, 7) is 4.72. The monoisotopic (exact) mass is 587 g/mol. The van der Waals surface area contributed by atoms with Crippen molar-refractivity contribution in [1.29, 1.82) is 0 Å². The number of anilines is 3. The number of rotatable bonds is 4. The van der Waals surface area contributed by atoms with Crippen molar-refractivity contribution in [3.63, 3.8) is 0 Å². The molecule has 0 fully saturated rings. The van der Waals surface area contributed by atoms with Crippen LogP contribution in [0.2, 0.25) is 0 Å². The van der Waals surface area contributed by atoms with E-state index in [0.717, 1.165) is 11.4 Å². The highest BCUT2D eigenvalue weighted by Crippen LogP contribution is 2.52. The Balaban J connectivity index is 1.37. The first-order valence-corrected chi connectivity index (χ1v) is 16.1. The van der Waals surface area contributed by atoms with Gasteiger partial charge in [0.2, 0.25) is 0 Å². The maximum absolute atomic E-state index is 2.50. The molecule has 0 saturated heterocycles. The Morgan fingerprint density at radius 1 is 0.413 bits per heavy atom. The van der Waals surface area contributed by atoms with Crippen LogP contribution in [-0.2, 0) is 5.41 Å². The van der Waals surface area contributed by atoms with Crippen LogP contribution in [0.25, 0.3) is 54.6 Å². The van der Waals surface area contributed by atoms with Crippen molar-refractivity contribution < 1.29 is 0 Å². The van der Waals surface area contributed by atoms with Crippen LogP contribution in [0.3, 0.4) is 0 Å². The van der Waals surface area contributed by atoms with Crippen molar-refractivity contribution in [2.75, 3.05) is 4.90 Å². The van der Waals surface area contributed by atoms with Crippen molar-refractivity contribution in [2.45, 2.75) is 19.3 Å². The smallest absolute Gasteiger partial charge is 0.0546 e. The third kappa shape index (κ3) is 3.95. The van der Waals surface area contributed by atoms with Gasteiger partial charge in [0.05, 0.1) is 11.4 Å². The maximum atomic E-state index is 2.50. The zero-order valence-electron chi connectivity index (χ0n) is 26.0. The molecule has 0 aliphatic heterocycles. The van der Waals surface area contributed by atoms with Crippen molar-refractivity contribution in [3.8, 4) is 22.3 Å². The number of para-hydroxylation sites is 1. The van der Waals surface area contributed by atoms with Crippen LogP contribution in [0, 0.1) is 0 Å². The van der Waals surface area contributed by atoms with E-state index in [-0.39, 0.29) is 5.41 Å². The third-order valence-corrected chi connectivity index (χ3v) is 10.0. The molecule has 1 aliphatic rings. The minimum absolute atomic E-state index is 0.100. The van der Waals surface area contributed by atoms with E-state index in [2.05, 4.69) is 183 Å². The van der Waals surface area contributed by atoms with Crippen LogP contribution < -0.4 is 4.90 Å². The summed E-state index contributed by atoms with van der Waals surface area (Å²) in [4.78, 5) is 2.50. The van der Waals surface area contributed by atoms with Crippen LogP contribution in [-0.4, -0.2) is 0 Å². The van der Waals surface area contributed by atoms with Crippen molar-refractivity contribution in [2.24, 2.45) is 0 Å². The lowest BCUT2D eigenvalue weighted by atomic mass is 9.82. The summed E-state index contributed by atoms with van der Waals surface area (Å²) in [7, 11) is 0. The Kier molecular flexibility index (Phi) is 5.92. The molecule has 0 spiro atoms. The summed E-state index contributed by atoms with van der Waals surface area (Å²) >= 11 is 0. The summed E-state index contributed by atoms with van der Waals surface area (Å²) in [6, 6.07) is 60.2. The van der Waals surface area contributed by atoms with Gasteiger partial charge >= 0.3 is 0 Å². The van der Waals surface area contributed by atoms with Gasteiger partial charge in [0.15, 0.2) is 0 Å². The molecular formula is C45H33N. The first-order chi connectivity index (χ1) is 22.6. The second-order valence-electron chi connectivity index (χ2n) is 12.9. The Hall–Kier alpha value is -5.66. The molecule has 218 valence electrons. The molecule has 0 saturated carbocycles. The molecule has 1 heteroatoms. The molecular weight excluding hydrogens is 555 g/mol. The van der Waals surface area contributed by atoms with Gasteiger partial charge in [-0.1, -0.05) is 153 Å². The van der Waals surface area contributed by atoms with Crippen LogP contribution in [0.4, 0.5) is 17.1 Å². The van der Waals surface area contributed by atoms with E-state index in [1.807, 2.05) is 0 Å². The fourth-order valence-corrected chi connectivity index (χ4v) is 7.81. The van der Waals surface area contributed by atoms with Crippen molar-refractivity contribution >= 4 is 49.4 Å². The van der Waals surface area contributed by atoms with E-state index >= 15 is 0 Å². The van der Waals surface area contributed by atoms with Gasteiger partial charge in [0.25, 0.3) is 0 Å². The standard InChI is InChI=1S/C45H33N/c1-45(2)40-22-12-10-19-36(40)37-27-26-33(29-41(37)45)46(42-23-13-11-17-34(42)30-14-4-3-5-15-30)43-28-32-25-24-31-16-6-7-18-35(31)44(32)39-21-9-8-20-38(39)43/h3-29H,1-2H3. The molecule has 0 radical (unpaired) electrons. The summed E-state index contributed by atoms with van der Waals surface area (Å²) in [6.07, 6.45) is 0. The average Bonchev–Trinajstić information content (AvgIpc) is 3.34. The van der Waals surface area contributed by atoms with Gasteiger partial charge in [-0.15, -0.1) is 0 Å². The zero-order chi connectivity index (χ0) is 30.8. The summed E-state index contributed by atoms with van der Waals surface area (Å²) in [5.41, 5.74) is 11.2. The topological polar surface area (TPSA) is 3.24 Å². The van der Waals surface area contributed by atoms with Gasteiger partial charge in [0.1, 0.15) is 0 Å². The summed E-state index contributed by atoms with van der Waals surface area (Å²) in [5, 5.41) is 7.60. The van der Waals surface area contributed by atoms with E-state index in [4.69, 9.17) is 0 Å². The SMILES string of the molecule is CC1(C)c2ccccc2-c2ccc(N(c3ccccc3-c3ccccc3)c3cc4ccc5ccccc5c4c4ccccc34)cc21. The summed E-state index contributed by atoms with van der Waals surface area (Å²) < 4.78 is 0. The number of hydrogen-bond acceptors (Lipinski definition) is 1. The predicted octanol–water partition coefficient (Wildman–Crippen LogP) is 12.6. The van der Waals surface area contributed by atoms with Gasteiger partial charge in [0, 0.05) is 22.1 Å². The highest BCUT2D eigenvalue weighted by atomic mass is 15.1. The zero-order valence-corrected chi connectivity index (χ0v) is 26.0. The molecule has 0 N–H and O–H groups in total. The first-order valence-electron chi connectivity index (χ1n) is 16.1. The Morgan fingerprint density at radius 3 is 1.89 bits per heavy atom. The second kappa shape index (κ2) is 10.2. The molecule has 0 unspecified atom stereocenters. The number of fused-ring (bicyclic) bond motifs is 8. The number of nitrogens with zero attached hydrogens (tertiary/aromatic N) is 1. The predicted molar refractivity (Wildman–Crippen MR) is 197 cm³/mol. The number of benzene rings is 8. The molecule has 0 heterocycles. The normalized spacial score (nSPS) is 13.2. The molecule has 1 aliphatic carbocycles. The van der Waals surface area contributed by atoms with Crippen LogP contribution in [0.1, 0.15) is 25.0 Å². The molecule has 46 heavy (non-hydrogen) atoms. The molecule has 0 amide bonds. The maximum Gasteiger partial charge on any atom is 0.0546 e. The largest absolute Gasteiger partial charge is 0.309 e. The lowest BCUT2D eigenvalue weighted by molar-refractivity contribution is 0.660. The van der Waals surface area contributed by atoms with E-state index in [1.165, 1.54) is 71.4 Å². The minimum atomic E-state index is -0.100. The van der Waals surface area contributed by atoms with E-state index in [1.54, 1.807) is 0 Å². The Morgan fingerprint density at radius 2 is 1.04 bits per heavy atom. The Bertz CT molecular complexity index is 2450. The lowest BCUT2D eigenvalue weighted by Crippen LogP contribution is -2.17. The van der Waals surface area contributed by atoms with Gasteiger partial charge < -0.3 is 4.90 Å². The highest BCUT2D eigenvalue weighted by Gasteiger charge is 2.36. The van der Waals surface area contributed by atoms with E-state index in [0.29, 0.717) is 0 Å². The molecule has 0 aromatic heterocycles. The quantitative estimate of drug-likeness (QED) is 0.185. The van der Waals surface area contributed by atoms with Crippen LogP contribution >= 0.6 is 0 Å². The third-order valence-electron chi connectivity index (χ3n) is 10.0. The Labute approximate surface area is 270 Å². The fraction of sp³-hybridized carbons (Fsp3) is 0.0667. The number of hydrogen-bond donors (Lipinski definition) is 0. The second-order valence-corrected chi connectivity index (χ2v) is 12.9. The first kappa shape index (κ1) is 26.7. The van der Waals surface area contributed by atoms with Crippen LogP contribution in [0.15, 0.2) is 164 Å². The van der Waals surface area contributed by atoms with E-state index < -0.39 is 0 Å². The lowest BCUT2D eigenvalue weighted by Gasteiger charge is -2.31. The minimum Gasteiger partial charge on any atom is -0.309 e. The highest BCUT2D eigenvalue weighted by molar-refractivity contribution is 6.23. The molecule has 0 bridgehead atoms. The molecule has 9 rings (SSSR count). The van der Waals surface area contributed by atoms with E-state index in [9.17, 15) is 0 Å². The molecule has 8 aromatic rings. The van der Waals surface area contributed by atoms with Gasteiger partial charge in [-0.25, -0.2) is 0 Å². The van der Waals surface area contributed by atoms with Gasteiger partial charge in [-0.2, -0.15) is 0 Å². The average molecular weight is 588 g/mol. The van der Waals surface area contributed by atoms with Crippen molar-refractivity contribution in [3.05, 3.63) is 175 Å².